The molecule has 23 heavy (non-hydrogen) atoms. The quantitative estimate of drug-likeness (QED) is 0.844. The van der Waals surface area contributed by atoms with Crippen LogP contribution in [0.25, 0.3) is 0 Å². The summed E-state index contributed by atoms with van der Waals surface area (Å²) in [5.41, 5.74) is 3.43. The summed E-state index contributed by atoms with van der Waals surface area (Å²) in [5.74, 6) is 0.983. The van der Waals surface area contributed by atoms with E-state index in [1.807, 2.05) is 11.5 Å². The molecule has 2 atom stereocenters. The minimum Gasteiger partial charge on any atom is -0.311 e. The topological polar surface area (TPSA) is 25.2 Å². The van der Waals surface area contributed by atoms with Crippen LogP contribution in [0.1, 0.15) is 29.2 Å². The lowest BCUT2D eigenvalue weighted by Crippen LogP contribution is -2.47. The molecule has 1 fully saturated rings. The van der Waals surface area contributed by atoms with E-state index in [2.05, 4.69) is 41.3 Å². The van der Waals surface area contributed by atoms with Crippen LogP contribution in [0.5, 0.6) is 0 Å². The maximum atomic E-state index is 12.5. The first kappa shape index (κ1) is 15.0. The fourth-order valence-electron chi connectivity index (χ4n) is 4.17. The average Bonchev–Trinajstić information content (AvgIpc) is 2.55. The van der Waals surface area contributed by atoms with Crippen LogP contribution in [0.3, 0.4) is 0 Å². The largest absolute Gasteiger partial charge is 0.311 e. The molecule has 1 aromatic heterocycles. The first-order valence-corrected chi connectivity index (χ1v) is 8.65. The number of halogens is 1. The summed E-state index contributed by atoms with van der Waals surface area (Å²) >= 11 is 6.16. The Morgan fingerprint density at radius 3 is 2.74 bits per heavy atom. The maximum Gasteiger partial charge on any atom is 0.269 e. The van der Waals surface area contributed by atoms with Gasteiger partial charge in [0.05, 0.1) is 0 Å². The first-order valence-electron chi connectivity index (χ1n) is 8.28. The Kier molecular flexibility index (Phi) is 3.78. The molecule has 1 saturated heterocycles. The number of aryl methyl sites for hydroxylation is 1. The summed E-state index contributed by atoms with van der Waals surface area (Å²) in [4.78, 5) is 15.0. The fraction of sp³-hybridized carbons (Fsp3) is 0.421. The second-order valence-corrected chi connectivity index (χ2v) is 7.34. The Hall–Kier alpha value is -1.58. The number of fused-ring (bicyclic) bond motifs is 4. The van der Waals surface area contributed by atoms with E-state index >= 15 is 0 Å². The number of likely N-dealkylation sites (tertiary alicyclic amines) is 1. The Morgan fingerprint density at radius 2 is 1.96 bits per heavy atom. The molecule has 4 rings (SSSR count). The van der Waals surface area contributed by atoms with Gasteiger partial charge in [-0.2, -0.15) is 0 Å². The summed E-state index contributed by atoms with van der Waals surface area (Å²) in [6, 6.07) is 12.8. The predicted octanol–water partition coefficient (Wildman–Crippen LogP) is 3.43. The van der Waals surface area contributed by atoms with E-state index in [1.54, 1.807) is 0 Å². The molecule has 2 unspecified atom stereocenters. The monoisotopic (exact) mass is 328 g/mol. The van der Waals surface area contributed by atoms with Gasteiger partial charge in [0.2, 0.25) is 0 Å². The third kappa shape index (κ3) is 2.73. The molecule has 0 radical (unpaired) electrons. The van der Waals surface area contributed by atoms with Gasteiger partial charge in [-0.05, 0) is 36.5 Å². The molecule has 2 aliphatic rings. The number of benzene rings is 1. The van der Waals surface area contributed by atoms with Crippen LogP contribution in [0, 0.1) is 12.8 Å². The van der Waals surface area contributed by atoms with Gasteiger partial charge in [-0.15, -0.1) is 0 Å². The van der Waals surface area contributed by atoms with Crippen molar-refractivity contribution in [3.8, 4) is 0 Å². The molecule has 3 heterocycles. The molecule has 2 aromatic rings. The lowest BCUT2D eigenvalue weighted by atomic mass is 9.82. The number of hydrogen-bond donors (Lipinski definition) is 0. The van der Waals surface area contributed by atoms with Crippen LogP contribution in [0.15, 0.2) is 41.2 Å². The Balaban J connectivity index is 1.63. The highest BCUT2D eigenvalue weighted by atomic mass is 35.5. The second kappa shape index (κ2) is 5.81. The summed E-state index contributed by atoms with van der Waals surface area (Å²) in [6.45, 7) is 5.80. The average molecular weight is 329 g/mol. The van der Waals surface area contributed by atoms with Crippen LogP contribution in [0.2, 0.25) is 5.02 Å². The molecule has 1 aromatic carbocycles. The minimum atomic E-state index is -0.00660. The normalized spacial score (nSPS) is 23.6. The summed E-state index contributed by atoms with van der Waals surface area (Å²) < 4.78 is 1.92. The molecule has 2 bridgehead atoms. The molecule has 0 aliphatic carbocycles. The van der Waals surface area contributed by atoms with Crippen molar-refractivity contribution in [3.63, 3.8) is 0 Å². The molecule has 0 amide bonds. The van der Waals surface area contributed by atoms with Gasteiger partial charge in [0.1, 0.15) is 5.02 Å². The lowest BCUT2D eigenvalue weighted by molar-refractivity contribution is 0.114. The van der Waals surface area contributed by atoms with E-state index in [4.69, 9.17) is 11.6 Å². The Morgan fingerprint density at radius 1 is 1.17 bits per heavy atom. The fourth-order valence-corrected chi connectivity index (χ4v) is 4.33. The SMILES string of the molecule is Cc1cc2n(c(=O)c1Cl)CC1CC2CN(Cc2ccccc2)C1. The van der Waals surface area contributed by atoms with Gasteiger partial charge in [-0.3, -0.25) is 9.69 Å². The van der Waals surface area contributed by atoms with Gasteiger partial charge >= 0.3 is 0 Å². The standard InChI is InChI=1S/C19H21ClN2O/c1-13-7-17-16-8-15(11-22(17)19(23)18(13)20)10-21(12-16)9-14-5-3-2-4-6-14/h2-7,15-16H,8-12H2,1H3. The molecule has 0 saturated carbocycles. The van der Waals surface area contributed by atoms with Crippen molar-refractivity contribution in [2.24, 2.45) is 5.92 Å². The van der Waals surface area contributed by atoms with E-state index in [-0.39, 0.29) is 5.56 Å². The summed E-state index contributed by atoms with van der Waals surface area (Å²) in [5, 5.41) is 0.384. The number of nitrogens with zero attached hydrogens (tertiary/aromatic N) is 2. The smallest absolute Gasteiger partial charge is 0.269 e. The van der Waals surface area contributed by atoms with Crippen LogP contribution in [-0.4, -0.2) is 22.6 Å². The van der Waals surface area contributed by atoms with E-state index in [0.717, 1.165) is 31.7 Å². The summed E-state index contributed by atoms with van der Waals surface area (Å²) in [6.07, 6.45) is 1.19. The van der Waals surface area contributed by atoms with Crippen LogP contribution in [-0.2, 0) is 13.1 Å². The van der Waals surface area contributed by atoms with Crippen molar-refractivity contribution in [1.29, 1.82) is 0 Å². The molecule has 120 valence electrons. The maximum absolute atomic E-state index is 12.5. The van der Waals surface area contributed by atoms with Crippen LogP contribution >= 0.6 is 11.6 Å². The predicted molar refractivity (Wildman–Crippen MR) is 93.0 cm³/mol. The molecular weight excluding hydrogens is 308 g/mol. The highest BCUT2D eigenvalue weighted by Gasteiger charge is 2.35. The second-order valence-electron chi connectivity index (χ2n) is 6.96. The number of piperidine rings is 1. The molecule has 2 aliphatic heterocycles. The highest BCUT2D eigenvalue weighted by molar-refractivity contribution is 6.31. The number of aromatic nitrogens is 1. The van der Waals surface area contributed by atoms with Gasteiger partial charge in [0, 0.05) is 37.8 Å². The Labute approximate surface area is 141 Å². The highest BCUT2D eigenvalue weighted by Crippen LogP contribution is 2.36. The van der Waals surface area contributed by atoms with E-state index in [0.29, 0.717) is 16.9 Å². The van der Waals surface area contributed by atoms with Crippen LogP contribution in [0.4, 0.5) is 0 Å². The zero-order chi connectivity index (χ0) is 16.0. The molecular formula is C19H21ClN2O. The zero-order valence-corrected chi connectivity index (χ0v) is 14.1. The van der Waals surface area contributed by atoms with Crippen molar-refractivity contribution >= 4 is 11.6 Å². The van der Waals surface area contributed by atoms with E-state index < -0.39 is 0 Å². The van der Waals surface area contributed by atoms with Crippen molar-refractivity contribution < 1.29 is 0 Å². The van der Waals surface area contributed by atoms with Gasteiger partial charge in [-0.25, -0.2) is 0 Å². The van der Waals surface area contributed by atoms with Gasteiger partial charge in [0.15, 0.2) is 0 Å². The first-order chi connectivity index (χ1) is 11.1. The van der Waals surface area contributed by atoms with Crippen LogP contribution < -0.4 is 5.56 Å². The van der Waals surface area contributed by atoms with Crippen molar-refractivity contribution in [2.45, 2.75) is 32.4 Å². The minimum absolute atomic E-state index is 0.00660. The molecule has 4 heteroatoms. The third-order valence-electron chi connectivity index (χ3n) is 5.18. The summed E-state index contributed by atoms with van der Waals surface area (Å²) in [7, 11) is 0. The number of rotatable bonds is 2. The van der Waals surface area contributed by atoms with Gasteiger partial charge < -0.3 is 4.57 Å². The number of pyridine rings is 1. The van der Waals surface area contributed by atoms with Crippen molar-refractivity contribution in [1.82, 2.24) is 9.47 Å². The van der Waals surface area contributed by atoms with Gasteiger partial charge in [0.25, 0.3) is 5.56 Å². The van der Waals surface area contributed by atoms with Gasteiger partial charge in [-0.1, -0.05) is 41.9 Å². The third-order valence-corrected chi connectivity index (χ3v) is 5.64. The zero-order valence-electron chi connectivity index (χ0n) is 13.3. The van der Waals surface area contributed by atoms with Crippen molar-refractivity contribution in [2.75, 3.05) is 13.1 Å². The Bertz CT molecular complexity index is 784. The van der Waals surface area contributed by atoms with E-state index in [9.17, 15) is 4.79 Å². The van der Waals surface area contributed by atoms with Crippen molar-refractivity contribution in [3.05, 3.63) is 68.6 Å². The lowest BCUT2D eigenvalue weighted by Gasteiger charge is -2.43. The van der Waals surface area contributed by atoms with E-state index in [1.165, 1.54) is 17.7 Å². The molecule has 0 N–H and O–H groups in total. The molecule has 0 spiro atoms. The number of hydrogen-bond acceptors (Lipinski definition) is 2. The molecule has 3 nitrogen and oxygen atoms in total.